The lowest BCUT2D eigenvalue weighted by molar-refractivity contribution is 0.0736. The zero-order valence-electron chi connectivity index (χ0n) is 10.8. The zero-order valence-corrected chi connectivity index (χ0v) is 13.0. The molecule has 1 aromatic heterocycles. The highest BCUT2D eigenvalue weighted by molar-refractivity contribution is 14.1. The van der Waals surface area contributed by atoms with Crippen molar-refractivity contribution in [3.8, 4) is 5.75 Å². The molecule has 0 aliphatic heterocycles. The smallest absolute Gasteiger partial charge is 0.344 e. The average Bonchev–Trinajstić information content (AvgIpc) is 2.48. The van der Waals surface area contributed by atoms with Crippen molar-refractivity contribution in [3.63, 3.8) is 0 Å². The molecule has 1 N–H and O–H groups in total. The van der Waals surface area contributed by atoms with Gasteiger partial charge >= 0.3 is 5.97 Å². The Balaban J connectivity index is 2.01. The lowest BCUT2D eigenvalue weighted by Crippen LogP contribution is -2.14. The number of aromatic nitrogens is 1. The normalized spacial score (nSPS) is 10.5. The number of H-pyrrole nitrogens is 1. The second kappa shape index (κ2) is 5.69. The van der Waals surface area contributed by atoms with Crippen LogP contribution in [0.25, 0.3) is 10.9 Å². The van der Waals surface area contributed by atoms with Crippen molar-refractivity contribution in [2.24, 2.45) is 0 Å². The third-order valence-electron chi connectivity index (χ3n) is 2.99. The molecular formula is C16H10INO3. The molecule has 0 aliphatic carbocycles. The highest BCUT2D eigenvalue weighted by Gasteiger charge is 2.13. The number of hydrogen-bond acceptors (Lipinski definition) is 3. The van der Waals surface area contributed by atoms with E-state index in [1.807, 2.05) is 18.2 Å². The summed E-state index contributed by atoms with van der Waals surface area (Å²) < 4.78 is 6.37. The minimum Gasteiger partial charge on any atom is -0.423 e. The summed E-state index contributed by atoms with van der Waals surface area (Å²) in [5.41, 5.74) is 0.538. The monoisotopic (exact) mass is 391 g/mol. The number of hydrogen-bond donors (Lipinski definition) is 1. The summed E-state index contributed by atoms with van der Waals surface area (Å²) in [6, 6.07) is 15.5. The molecule has 2 aromatic carbocycles. The number of pyridine rings is 1. The SMILES string of the molecule is O=C(Oc1ccc(I)cc1)c1cc(=O)[nH]c2ccccc12. The molecule has 0 aliphatic rings. The molecule has 0 fully saturated rings. The molecule has 0 spiro atoms. The molecule has 0 bridgehead atoms. The van der Waals surface area contributed by atoms with E-state index in [0.717, 1.165) is 3.57 Å². The quantitative estimate of drug-likeness (QED) is 0.414. The van der Waals surface area contributed by atoms with Crippen molar-refractivity contribution in [2.75, 3.05) is 0 Å². The van der Waals surface area contributed by atoms with Crippen LogP contribution in [-0.4, -0.2) is 11.0 Å². The van der Waals surface area contributed by atoms with Crippen LogP contribution in [0.4, 0.5) is 0 Å². The van der Waals surface area contributed by atoms with Crippen molar-refractivity contribution in [2.45, 2.75) is 0 Å². The van der Waals surface area contributed by atoms with Crippen LogP contribution in [0.3, 0.4) is 0 Å². The Hall–Kier alpha value is -2.15. The molecule has 0 radical (unpaired) electrons. The molecule has 0 unspecified atom stereocenters. The van der Waals surface area contributed by atoms with Gasteiger partial charge in [-0.25, -0.2) is 4.79 Å². The number of benzene rings is 2. The Labute approximate surface area is 133 Å². The van der Waals surface area contributed by atoms with Crippen LogP contribution in [0.2, 0.25) is 0 Å². The van der Waals surface area contributed by atoms with E-state index >= 15 is 0 Å². The first-order valence-electron chi connectivity index (χ1n) is 6.23. The molecule has 4 nitrogen and oxygen atoms in total. The molecule has 21 heavy (non-hydrogen) atoms. The fourth-order valence-electron chi connectivity index (χ4n) is 2.04. The van der Waals surface area contributed by atoms with Crippen molar-refractivity contribution >= 4 is 39.5 Å². The third-order valence-corrected chi connectivity index (χ3v) is 3.71. The maximum Gasteiger partial charge on any atom is 0.344 e. The number of para-hydroxylation sites is 1. The van der Waals surface area contributed by atoms with Gasteiger partial charge in [-0.3, -0.25) is 4.79 Å². The van der Waals surface area contributed by atoms with Gasteiger partial charge in [0.1, 0.15) is 5.75 Å². The lowest BCUT2D eigenvalue weighted by atomic mass is 10.1. The van der Waals surface area contributed by atoms with Gasteiger partial charge in [-0.05, 0) is 52.9 Å². The van der Waals surface area contributed by atoms with E-state index in [-0.39, 0.29) is 11.1 Å². The van der Waals surface area contributed by atoms with Crippen molar-refractivity contribution in [1.29, 1.82) is 0 Å². The molecular weight excluding hydrogens is 381 g/mol. The van der Waals surface area contributed by atoms with Crippen LogP contribution in [0.5, 0.6) is 5.75 Å². The Morgan fingerprint density at radius 1 is 1.05 bits per heavy atom. The Kier molecular flexibility index (Phi) is 3.74. The molecule has 104 valence electrons. The van der Waals surface area contributed by atoms with Gasteiger partial charge in [0.2, 0.25) is 5.56 Å². The predicted molar refractivity (Wildman–Crippen MR) is 88.7 cm³/mol. The number of ether oxygens (including phenoxy) is 1. The number of aromatic amines is 1. The first-order valence-corrected chi connectivity index (χ1v) is 7.31. The summed E-state index contributed by atoms with van der Waals surface area (Å²) in [5, 5.41) is 0.660. The number of halogens is 1. The predicted octanol–water partition coefficient (Wildman–Crippen LogP) is 3.35. The standard InChI is InChI=1S/C16H10INO3/c17-10-5-7-11(8-6-10)21-16(20)13-9-15(19)18-14-4-2-1-3-12(13)14/h1-9H,(H,18,19). The summed E-state index contributed by atoms with van der Waals surface area (Å²) in [5.74, 6) is -0.0942. The highest BCUT2D eigenvalue weighted by Crippen LogP contribution is 2.19. The number of carbonyl (C=O) groups excluding carboxylic acids is 1. The third kappa shape index (κ3) is 2.97. The van der Waals surface area contributed by atoms with E-state index in [0.29, 0.717) is 16.7 Å². The second-order valence-electron chi connectivity index (χ2n) is 4.44. The van der Waals surface area contributed by atoms with Crippen molar-refractivity contribution < 1.29 is 9.53 Å². The molecule has 0 saturated heterocycles. The van der Waals surface area contributed by atoms with E-state index in [9.17, 15) is 9.59 Å². The fraction of sp³-hybridized carbons (Fsp3) is 0. The average molecular weight is 391 g/mol. The molecule has 0 amide bonds. The first-order chi connectivity index (χ1) is 10.1. The van der Waals surface area contributed by atoms with Gasteiger partial charge in [0.25, 0.3) is 0 Å². The van der Waals surface area contributed by atoms with Crippen molar-refractivity contribution in [3.05, 3.63) is 74.1 Å². The van der Waals surface area contributed by atoms with Crippen molar-refractivity contribution in [1.82, 2.24) is 4.98 Å². The van der Waals surface area contributed by atoms with Crippen LogP contribution in [-0.2, 0) is 0 Å². The van der Waals surface area contributed by atoms with Crippen LogP contribution in [0.15, 0.2) is 59.4 Å². The lowest BCUT2D eigenvalue weighted by Gasteiger charge is -2.07. The minimum absolute atomic E-state index is 0.257. The number of fused-ring (bicyclic) bond motifs is 1. The van der Waals surface area contributed by atoms with E-state index in [1.54, 1.807) is 30.3 Å². The van der Waals surface area contributed by atoms with Crippen LogP contribution in [0.1, 0.15) is 10.4 Å². The zero-order chi connectivity index (χ0) is 14.8. The number of nitrogens with one attached hydrogen (secondary N) is 1. The summed E-state index contributed by atoms with van der Waals surface area (Å²) >= 11 is 2.17. The van der Waals surface area contributed by atoms with Gasteiger partial charge in [-0.2, -0.15) is 0 Å². The number of carbonyl (C=O) groups is 1. The Morgan fingerprint density at radius 2 is 1.76 bits per heavy atom. The van der Waals surface area contributed by atoms with Gasteiger partial charge in [0.15, 0.2) is 0 Å². The minimum atomic E-state index is -0.543. The molecule has 5 heteroatoms. The van der Waals surface area contributed by atoms with Crippen LogP contribution >= 0.6 is 22.6 Å². The maximum atomic E-state index is 12.3. The number of rotatable bonds is 2. The van der Waals surface area contributed by atoms with Crippen LogP contribution in [0, 0.1) is 3.57 Å². The second-order valence-corrected chi connectivity index (χ2v) is 5.68. The fourth-order valence-corrected chi connectivity index (χ4v) is 2.40. The molecule has 3 rings (SSSR count). The number of esters is 1. The van der Waals surface area contributed by atoms with E-state index in [4.69, 9.17) is 4.74 Å². The molecule has 0 atom stereocenters. The van der Waals surface area contributed by atoms with E-state index in [2.05, 4.69) is 27.6 Å². The molecule has 1 heterocycles. The van der Waals surface area contributed by atoms with Gasteiger partial charge < -0.3 is 9.72 Å². The van der Waals surface area contributed by atoms with E-state index < -0.39 is 5.97 Å². The van der Waals surface area contributed by atoms with Gasteiger partial charge in [0.05, 0.1) is 5.56 Å². The van der Waals surface area contributed by atoms with Crippen LogP contribution < -0.4 is 10.3 Å². The summed E-state index contributed by atoms with van der Waals surface area (Å²) in [4.78, 5) is 26.6. The largest absolute Gasteiger partial charge is 0.423 e. The molecule has 3 aromatic rings. The summed E-state index contributed by atoms with van der Waals surface area (Å²) in [6.45, 7) is 0. The topological polar surface area (TPSA) is 59.2 Å². The highest BCUT2D eigenvalue weighted by atomic mass is 127. The molecule has 0 saturated carbocycles. The van der Waals surface area contributed by atoms with Gasteiger partial charge in [-0.15, -0.1) is 0 Å². The Morgan fingerprint density at radius 3 is 2.52 bits per heavy atom. The maximum absolute atomic E-state index is 12.3. The van der Waals surface area contributed by atoms with Gasteiger partial charge in [0, 0.05) is 20.5 Å². The Bertz CT molecular complexity index is 869. The first kappa shape index (κ1) is 13.8. The van der Waals surface area contributed by atoms with Gasteiger partial charge in [-0.1, -0.05) is 18.2 Å². The summed E-state index contributed by atoms with van der Waals surface area (Å²) in [6.07, 6.45) is 0. The summed E-state index contributed by atoms with van der Waals surface area (Å²) in [7, 11) is 0. The van der Waals surface area contributed by atoms with E-state index in [1.165, 1.54) is 6.07 Å².